The van der Waals surface area contributed by atoms with Gasteiger partial charge in [-0.2, -0.15) is 0 Å². The molecule has 1 unspecified atom stereocenters. The summed E-state index contributed by atoms with van der Waals surface area (Å²) < 4.78 is 12.6. The maximum absolute atomic E-state index is 13.7. The molecular formula is C27H34N4O4S. The van der Waals surface area contributed by atoms with Gasteiger partial charge in [0.15, 0.2) is 5.16 Å². The Morgan fingerprint density at radius 1 is 1.19 bits per heavy atom. The number of ether oxygens (including phenoxy) is 2. The van der Waals surface area contributed by atoms with Crippen LogP contribution in [-0.2, 0) is 16.1 Å². The molecule has 192 valence electrons. The van der Waals surface area contributed by atoms with E-state index in [4.69, 9.17) is 14.5 Å². The average Bonchev–Trinajstić information content (AvgIpc) is 2.92. The van der Waals surface area contributed by atoms with Crippen LogP contribution in [0.2, 0.25) is 0 Å². The number of nitrogens with zero attached hydrogens (tertiary/aromatic N) is 3. The SMILES string of the molecule is CCCCn1c(SC(CC)C(=O)Nc2ccccc2OC)nc2ccc(N3CCOCC3)cc2c1=O. The standard InChI is InChI=1S/C27H34N4O4S/c1-4-6-13-31-26(33)20-18-19(30-14-16-35-17-15-30)11-12-21(20)29-27(31)36-24(5-2)25(32)28-22-9-7-8-10-23(22)34-3/h7-12,18,24H,4-6,13-17H2,1-3H3,(H,28,32). The fourth-order valence-electron chi connectivity index (χ4n) is 4.22. The second-order valence-corrected chi connectivity index (χ2v) is 9.88. The Balaban J connectivity index is 1.65. The minimum atomic E-state index is -0.417. The van der Waals surface area contributed by atoms with E-state index < -0.39 is 5.25 Å². The smallest absolute Gasteiger partial charge is 0.262 e. The Labute approximate surface area is 216 Å². The third-order valence-electron chi connectivity index (χ3n) is 6.29. The second-order valence-electron chi connectivity index (χ2n) is 8.71. The first kappa shape index (κ1) is 26.0. The number of morpholine rings is 1. The molecule has 4 rings (SSSR count). The fourth-order valence-corrected chi connectivity index (χ4v) is 5.26. The van der Waals surface area contributed by atoms with Crippen molar-refractivity contribution >= 4 is 39.9 Å². The summed E-state index contributed by atoms with van der Waals surface area (Å²) in [6, 6.07) is 13.2. The van der Waals surface area contributed by atoms with Crippen molar-refractivity contribution in [3.8, 4) is 5.75 Å². The molecule has 1 atom stereocenters. The van der Waals surface area contributed by atoms with Crippen LogP contribution >= 0.6 is 11.8 Å². The lowest BCUT2D eigenvalue weighted by Gasteiger charge is -2.29. The summed E-state index contributed by atoms with van der Waals surface area (Å²) in [5.74, 6) is 0.455. The van der Waals surface area contributed by atoms with Crippen LogP contribution in [0.3, 0.4) is 0 Å². The number of benzene rings is 2. The van der Waals surface area contributed by atoms with Crippen LogP contribution in [0.5, 0.6) is 5.75 Å². The van der Waals surface area contributed by atoms with E-state index >= 15 is 0 Å². The molecular weight excluding hydrogens is 476 g/mol. The molecule has 0 saturated carbocycles. The number of anilines is 2. The lowest BCUT2D eigenvalue weighted by molar-refractivity contribution is -0.115. The molecule has 3 aromatic rings. The highest BCUT2D eigenvalue weighted by Crippen LogP contribution is 2.29. The Morgan fingerprint density at radius 2 is 1.97 bits per heavy atom. The molecule has 1 saturated heterocycles. The average molecular weight is 511 g/mol. The van der Waals surface area contributed by atoms with Gasteiger partial charge in [-0.05, 0) is 43.2 Å². The third-order valence-corrected chi connectivity index (χ3v) is 7.64. The molecule has 0 spiro atoms. The maximum Gasteiger partial charge on any atom is 0.262 e. The highest BCUT2D eigenvalue weighted by atomic mass is 32.2. The van der Waals surface area contributed by atoms with Gasteiger partial charge in [0.25, 0.3) is 5.56 Å². The monoisotopic (exact) mass is 510 g/mol. The van der Waals surface area contributed by atoms with Crippen molar-refractivity contribution in [3.05, 3.63) is 52.8 Å². The molecule has 1 N–H and O–H groups in total. The zero-order valence-electron chi connectivity index (χ0n) is 21.2. The Kier molecular flexibility index (Phi) is 8.88. The zero-order valence-corrected chi connectivity index (χ0v) is 22.0. The quantitative estimate of drug-likeness (QED) is 0.316. The molecule has 0 radical (unpaired) electrons. The summed E-state index contributed by atoms with van der Waals surface area (Å²) >= 11 is 1.34. The van der Waals surface area contributed by atoms with Gasteiger partial charge >= 0.3 is 0 Å². The minimum Gasteiger partial charge on any atom is -0.495 e. The van der Waals surface area contributed by atoms with E-state index in [0.29, 0.717) is 53.7 Å². The first-order chi connectivity index (χ1) is 17.5. The predicted octanol–water partition coefficient (Wildman–Crippen LogP) is 4.55. The van der Waals surface area contributed by atoms with Crippen LogP contribution in [0, 0.1) is 0 Å². The Morgan fingerprint density at radius 3 is 2.69 bits per heavy atom. The molecule has 1 aliphatic heterocycles. The van der Waals surface area contributed by atoms with Crippen LogP contribution in [-0.4, -0.2) is 54.1 Å². The van der Waals surface area contributed by atoms with Crippen molar-refractivity contribution in [1.82, 2.24) is 9.55 Å². The number of para-hydroxylation sites is 2. The normalized spacial score (nSPS) is 14.6. The summed E-state index contributed by atoms with van der Waals surface area (Å²) in [6.07, 6.45) is 2.39. The van der Waals surface area contributed by atoms with Gasteiger partial charge in [-0.1, -0.05) is 44.2 Å². The van der Waals surface area contributed by atoms with E-state index in [1.54, 1.807) is 11.7 Å². The van der Waals surface area contributed by atoms with Crippen LogP contribution < -0.4 is 20.5 Å². The number of carbonyl (C=O) groups is 1. The molecule has 36 heavy (non-hydrogen) atoms. The molecule has 2 aromatic carbocycles. The van der Waals surface area contributed by atoms with Crippen LogP contribution in [0.1, 0.15) is 33.1 Å². The number of amides is 1. The van der Waals surface area contributed by atoms with Crippen LogP contribution in [0.25, 0.3) is 10.9 Å². The molecule has 1 amide bonds. The lowest BCUT2D eigenvalue weighted by Crippen LogP contribution is -2.36. The summed E-state index contributed by atoms with van der Waals surface area (Å²) in [5.41, 5.74) is 2.21. The highest BCUT2D eigenvalue weighted by molar-refractivity contribution is 8.00. The van der Waals surface area contributed by atoms with Gasteiger partial charge < -0.3 is 19.7 Å². The molecule has 0 bridgehead atoms. The van der Waals surface area contributed by atoms with Crippen molar-refractivity contribution in [2.24, 2.45) is 0 Å². The first-order valence-electron chi connectivity index (χ1n) is 12.5. The van der Waals surface area contributed by atoms with Crippen LogP contribution in [0.4, 0.5) is 11.4 Å². The van der Waals surface area contributed by atoms with E-state index in [1.807, 2.05) is 49.4 Å². The number of fused-ring (bicyclic) bond motifs is 1. The van der Waals surface area contributed by atoms with Crippen molar-refractivity contribution < 1.29 is 14.3 Å². The Bertz CT molecular complexity index is 1260. The van der Waals surface area contributed by atoms with Crippen molar-refractivity contribution in [1.29, 1.82) is 0 Å². The largest absolute Gasteiger partial charge is 0.495 e. The van der Waals surface area contributed by atoms with E-state index in [2.05, 4.69) is 17.1 Å². The molecule has 1 fully saturated rings. The third kappa shape index (κ3) is 5.84. The highest BCUT2D eigenvalue weighted by Gasteiger charge is 2.23. The minimum absolute atomic E-state index is 0.0638. The first-order valence-corrected chi connectivity index (χ1v) is 13.4. The predicted molar refractivity (Wildman–Crippen MR) is 146 cm³/mol. The van der Waals surface area contributed by atoms with Gasteiger partial charge in [0.1, 0.15) is 5.75 Å². The molecule has 8 nitrogen and oxygen atoms in total. The number of thioether (sulfide) groups is 1. The summed E-state index contributed by atoms with van der Waals surface area (Å²) in [7, 11) is 1.58. The molecule has 1 aromatic heterocycles. The van der Waals surface area contributed by atoms with E-state index in [1.165, 1.54) is 11.8 Å². The number of hydrogen-bond acceptors (Lipinski definition) is 7. The maximum atomic E-state index is 13.7. The topological polar surface area (TPSA) is 85.7 Å². The second kappa shape index (κ2) is 12.3. The summed E-state index contributed by atoms with van der Waals surface area (Å²) in [5, 5.41) is 3.73. The van der Waals surface area contributed by atoms with Gasteiger partial charge in [-0.15, -0.1) is 0 Å². The van der Waals surface area contributed by atoms with Gasteiger partial charge in [-0.25, -0.2) is 4.98 Å². The summed E-state index contributed by atoms with van der Waals surface area (Å²) in [4.78, 5) is 33.9. The van der Waals surface area contributed by atoms with Gasteiger partial charge in [0.05, 0.1) is 42.2 Å². The lowest BCUT2D eigenvalue weighted by atomic mass is 10.2. The van der Waals surface area contributed by atoms with Gasteiger partial charge in [-0.3, -0.25) is 14.2 Å². The molecule has 0 aliphatic carbocycles. The van der Waals surface area contributed by atoms with Crippen molar-refractivity contribution in [3.63, 3.8) is 0 Å². The van der Waals surface area contributed by atoms with E-state index in [-0.39, 0.29) is 11.5 Å². The van der Waals surface area contributed by atoms with Gasteiger partial charge in [0, 0.05) is 25.3 Å². The van der Waals surface area contributed by atoms with Crippen LogP contribution in [0.15, 0.2) is 52.4 Å². The number of carbonyl (C=O) groups excluding carboxylic acids is 1. The fraction of sp³-hybridized carbons (Fsp3) is 0.444. The molecule has 2 heterocycles. The molecule has 9 heteroatoms. The number of nitrogens with one attached hydrogen (secondary N) is 1. The summed E-state index contributed by atoms with van der Waals surface area (Å²) in [6.45, 7) is 7.59. The number of unbranched alkanes of at least 4 members (excludes halogenated alkanes) is 1. The number of rotatable bonds is 10. The van der Waals surface area contributed by atoms with Crippen molar-refractivity contribution in [2.75, 3.05) is 43.6 Å². The number of hydrogen-bond donors (Lipinski definition) is 1. The molecule has 1 aliphatic rings. The number of methoxy groups -OCH3 is 1. The van der Waals surface area contributed by atoms with Gasteiger partial charge in [0.2, 0.25) is 5.91 Å². The number of aromatic nitrogens is 2. The zero-order chi connectivity index (χ0) is 25.5. The van der Waals surface area contributed by atoms with Crippen molar-refractivity contribution in [2.45, 2.75) is 50.1 Å². The van der Waals surface area contributed by atoms with E-state index in [9.17, 15) is 9.59 Å². The van der Waals surface area contributed by atoms with E-state index in [0.717, 1.165) is 31.6 Å². The Hall–Kier alpha value is -3.04.